The van der Waals surface area contributed by atoms with E-state index >= 15 is 0 Å². The number of ether oxygens (including phenoxy) is 2. The molecule has 0 aromatic carbocycles. The van der Waals surface area contributed by atoms with Gasteiger partial charge in [-0.05, 0) is 56.6 Å². The van der Waals surface area contributed by atoms with Crippen LogP contribution in [0.5, 0.6) is 5.88 Å². The summed E-state index contributed by atoms with van der Waals surface area (Å²) in [6.07, 6.45) is 8.07. The number of aromatic nitrogens is 1. The molecule has 28 heavy (non-hydrogen) atoms. The molecule has 6 heteroatoms. The van der Waals surface area contributed by atoms with Gasteiger partial charge in [0.05, 0.1) is 13.2 Å². The lowest BCUT2D eigenvalue weighted by atomic mass is 9.89. The molecule has 0 radical (unpaired) electrons. The Morgan fingerprint density at radius 1 is 1.29 bits per heavy atom. The van der Waals surface area contributed by atoms with Gasteiger partial charge in [0.2, 0.25) is 5.88 Å². The van der Waals surface area contributed by atoms with E-state index in [-0.39, 0.29) is 0 Å². The fraction of sp³-hybridized carbons (Fsp3) is 0.727. The number of nitrogens with zero attached hydrogens (tertiary/aromatic N) is 3. The number of rotatable bonds is 7. The van der Waals surface area contributed by atoms with E-state index in [1.807, 2.05) is 18.3 Å². The van der Waals surface area contributed by atoms with Crippen LogP contribution in [0, 0.1) is 11.8 Å². The van der Waals surface area contributed by atoms with E-state index in [1.54, 1.807) is 7.11 Å². The molecule has 6 nitrogen and oxygen atoms in total. The van der Waals surface area contributed by atoms with Gasteiger partial charge in [0.15, 0.2) is 5.96 Å². The van der Waals surface area contributed by atoms with E-state index in [9.17, 15) is 0 Å². The molecule has 1 saturated carbocycles. The molecule has 2 fully saturated rings. The Kier molecular flexibility index (Phi) is 7.95. The molecule has 1 aromatic heterocycles. The highest BCUT2D eigenvalue weighted by Crippen LogP contribution is 2.26. The Balaban J connectivity index is 1.58. The SMILES string of the molecule is CCNC(=NCc1ccnc(OC2CCC(C)CC2)c1)N1CCC(COC)C1. The Hall–Kier alpha value is -1.82. The highest BCUT2D eigenvalue weighted by atomic mass is 16.5. The molecule has 2 aliphatic rings. The zero-order chi connectivity index (χ0) is 19.8. The van der Waals surface area contributed by atoms with E-state index in [0.29, 0.717) is 18.6 Å². The van der Waals surface area contributed by atoms with Crippen LogP contribution in [0.25, 0.3) is 0 Å². The number of methoxy groups -OCH3 is 1. The zero-order valence-corrected chi connectivity index (χ0v) is 17.7. The molecule has 1 N–H and O–H groups in total. The smallest absolute Gasteiger partial charge is 0.213 e. The van der Waals surface area contributed by atoms with Crippen LogP contribution in [-0.2, 0) is 11.3 Å². The summed E-state index contributed by atoms with van der Waals surface area (Å²) in [5.41, 5.74) is 1.14. The first-order valence-electron chi connectivity index (χ1n) is 10.8. The number of pyridine rings is 1. The fourth-order valence-corrected chi connectivity index (χ4v) is 4.12. The van der Waals surface area contributed by atoms with Crippen molar-refractivity contribution in [2.75, 3.05) is 33.4 Å². The van der Waals surface area contributed by atoms with Crippen LogP contribution in [0.4, 0.5) is 0 Å². The maximum atomic E-state index is 6.14. The Morgan fingerprint density at radius 2 is 2.11 bits per heavy atom. The molecule has 156 valence electrons. The summed E-state index contributed by atoms with van der Waals surface area (Å²) >= 11 is 0. The number of hydrogen-bond donors (Lipinski definition) is 1. The van der Waals surface area contributed by atoms with Crippen LogP contribution in [0.1, 0.15) is 51.5 Å². The molecule has 1 aliphatic heterocycles. The summed E-state index contributed by atoms with van der Waals surface area (Å²) in [4.78, 5) is 11.6. The van der Waals surface area contributed by atoms with Crippen LogP contribution in [0.15, 0.2) is 23.3 Å². The molecule has 0 bridgehead atoms. The van der Waals surface area contributed by atoms with Crippen molar-refractivity contribution in [3.63, 3.8) is 0 Å². The normalized spacial score (nSPS) is 25.8. The highest BCUT2D eigenvalue weighted by molar-refractivity contribution is 5.80. The first kappa shape index (κ1) is 20.9. The average Bonchev–Trinajstić information content (AvgIpc) is 3.16. The molecule has 0 spiro atoms. The maximum Gasteiger partial charge on any atom is 0.213 e. The van der Waals surface area contributed by atoms with Crippen molar-refractivity contribution in [1.29, 1.82) is 0 Å². The third-order valence-electron chi connectivity index (χ3n) is 5.78. The minimum Gasteiger partial charge on any atom is -0.474 e. The van der Waals surface area contributed by atoms with Gasteiger partial charge in [0.1, 0.15) is 6.10 Å². The molecule has 1 unspecified atom stereocenters. The van der Waals surface area contributed by atoms with Gasteiger partial charge in [-0.1, -0.05) is 6.92 Å². The monoisotopic (exact) mass is 388 g/mol. The quantitative estimate of drug-likeness (QED) is 0.572. The van der Waals surface area contributed by atoms with Crippen molar-refractivity contribution >= 4 is 5.96 Å². The van der Waals surface area contributed by atoms with Gasteiger partial charge in [-0.15, -0.1) is 0 Å². The van der Waals surface area contributed by atoms with Crippen LogP contribution >= 0.6 is 0 Å². The summed E-state index contributed by atoms with van der Waals surface area (Å²) in [5, 5.41) is 3.43. The summed E-state index contributed by atoms with van der Waals surface area (Å²) in [7, 11) is 1.78. The van der Waals surface area contributed by atoms with Gasteiger partial charge < -0.3 is 19.7 Å². The van der Waals surface area contributed by atoms with Crippen LogP contribution in [0.3, 0.4) is 0 Å². The molecule has 3 rings (SSSR count). The molecule has 2 heterocycles. The van der Waals surface area contributed by atoms with Gasteiger partial charge in [0.25, 0.3) is 0 Å². The third kappa shape index (κ3) is 6.09. The van der Waals surface area contributed by atoms with E-state index < -0.39 is 0 Å². The minimum atomic E-state index is 0.307. The van der Waals surface area contributed by atoms with Gasteiger partial charge in [-0.2, -0.15) is 0 Å². The first-order chi connectivity index (χ1) is 13.7. The number of likely N-dealkylation sites (tertiary alicyclic amines) is 1. The summed E-state index contributed by atoms with van der Waals surface area (Å²) in [6.45, 7) is 8.80. The first-order valence-corrected chi connectivity index (χ1v) is 10.8. The summed E-state index contributed by atoms with van der Waals surface area (Å²) in [6, 6.07) is 4.07. The lowest BCUT2D eigenvalue weighted by molar-refractivity contribution is 0.130. The number of hydrogen-bond acceptors (Lipinski definition) is 4. The van der Waals surface area contributed by atoms with Crippen LogP contribution in [0.2, 0.25) is 0 Å². The van der Waals surface area contributed by atoms with Crippen molar-refractivity contribution in [2.24, 2.45) is 16.8 Å². The predicted octanol–water partition coefficient (Wildman–Crippen LogP) is 3.47. The molecule has 1 atom stereocenters. The maximum absolute atomic E-state index is 6.14. The van der Waals surface area contributed by atoms with Crippen molar-refractivity contribution in [3.05, 3.63) is 23.9 Å². The number of aliphatic imine (C=N–C) groups is 1. The fourth-order valence-electron chi connectivity index (χ4n) is 4.12. The van der Waals surface area contributed by atoms with Crippen LogP contribution < -0.4 is 10.1 Å². The Labute approximate surface area is 169 Å². The average molecular weight is 389 g/mol. The second-order valence-electron chi connectivity index (χ2n) is 8.23. The molecular weight excluding hydrogens is 352 g/mol. The number of nitrogens with one attached hydrogen (secondary N) is 1. The zero-order valence-electron chi connectivity index (χ0n) is 17.7. The van der Waals surface area contributed by atoms with E-state index in [2.05, 4.69) is 29.0 Å². The predicted molar refractivity (Wildman–Crippen MR) is 113 cm³/mol. The second kappa shape index (κ2) is 10.6. The lowest BCUT2D eigenvalue weighted by Gasteiger charge is -2.26. The van der Waals surface area contributed by atoms with Gasteiger partial charge in [0, 0.05) is 44.9 Å². The van der Waals surface area contributed by atoms with Crippen molar-refractivity contribution in [3.8, 4) is 5.88 Å². The summed E-state index contributed by atoms with van der Waals surface area (Å²) < 4.78 is 11.5. The third-order valence-corrected chi connectivity index (χ3v) is 5.78. The van der Waals surface area contributed by atoms with Crippen molar-refractivity contribution in [2.45, 2.75) is 58.6 Å². The summed E-state index contributed by atoms with van der Waals surface area (Å²) in [5.74, 6) is 3.14. The molecule has 0 amide bonds. The van der Waals surface area contributed by atoms with E-state index in [0.717, 1.165) is 68.8 Å². The van der Waals surface area contributed by atoms with Crippen molar-refractivity contribution < 1.29 is 9.47 Å². The number of guanidine groups is 1. The topological polar surface area (TPSA) is 59.0 Å². The lowest BCUT2D eigenvalue weighted by Crippen LogP contribution is -2.40. The minimum absolute atomic E-state index is 0.307. The van der Waals surface area contributed by atoms with Gasteiger partial charge in [-0.3, -0.25) is 0 Å². The molecule has 1 aromatic rings. The standard InChI is InChI=1S/C22H36N4O2/c1-4-23-22(26-12-10-19(15-26)16-27-3)25-14-18-9-11-24-21(13-18)28-20-7-5-17(2)6-8-20/h9,11,13,17,19-20H,4-8,10,12,14-16H2,1-3H3,(H,23,25). The highest BCUT2D eigenvalue weighted by Gasteiger charge is 2.24. The Morgan fingerprint density at radius 3 is 2.86 bits per heavy atom. The van der Waals surface area contributed by atoms with E-state index in [4.69, 9.17) is 14.5 Å². The second-order valence-corrected chi connectivity index (χ2v) is 8.23. The molecule has 1 aliphatic carbocycles. The largest absolute Gasteiger partial charge is 0.474 e. The van der Waals surface area contributed by atoms with Gasteiger partial charge in [-0.25, -0.2) is 9.98 Å². The van der Waals surface area contributed by atoms with E-state index in [1.165, 1.54) is 12.8 Å². The van der Waals surface area contributed by atoms with Crippen LogP contribution in [-0.4, -0.2) is 55.3 Å². The molecular formula is C22H36N4O2. The Bertz CT molecular complexity index is 629. The van der Waals surface area contributed by atoms with Crippen molar-refractivity contribution in [1.82, 2.24) is 15.2 Å². The van der Waals surface area contributed by atoms with Gasteiger partial charge >= 0.3 is 0 Å². The molecule has 1 saturated heterocycles.